The first-order chi connectivity index (χ1) is 11.2. The van der Waals surface area contributed by atoms with Crippen molar-refractivity contribution in [2.45, 2.75) is 38.6 Å². The highest BCUT2D eigenvalue weighted by Gasteiger charge is 2.19. The van der Waals surface area contributed by atoms with Crippen molar-refractivity contribution < 1.29 is 0 Å². The van der Waals surface area contributed by atoms with Crippen molar-refractivity contribution in [3.63, 3.8) is 0 Å². The number of piperidine rings is 1. The zero-order valence-corrected chi connectivity index (χ0v) is 14.3. The van der Waals surface area contributed by atoms with Crippen LogP contribution >= 0.6 is 11.6 Å². The molecule has 1 aromatic carbocycles. The lowest BCUT2D eigenvalue weighted by Crippen LogP contribution is -2.40. The van der Waals surface area contributed by atoms with Gasteiger partial charge in [-0.2, -0.15) is 0 Å². The number of anilines is 1. The van der Waals surface area contributed by atoms with Crippen LogP contribution < -0.4 is 10.6 Å². The maximum atomic E-state index is 6.12. The summed E-state index contributed by atoms with van der Waals surface area (Å²) in [4.78, 5) is 11.8. The molecule has 1 fully saturated rings. The molecule has 5 heteroatoms. The Morgan fingerprint density at radius 2 is 2.00 bits per heavy atom. The smallest absolute Gasteiger partial charge is 0.161 e. The third kappa shape index (κ3) is 4.01. The van der Waals surface area contributed by atoms with Gasteiger partial charge in [-0.1, -0.05) is 37.1 Å². The molecule has 0 spiro atoms. The number of benzene rings is 1. The Morgan fingerprint density at radius 1 is 1.22 bits per heavy atom. The zero-order chi connectivity index (χ0) is 16.2. The second-order valence-corrected chi connectivity index (χ2v) is 6.56. The van der Waals surface area contributed by atoms with Crippen LogP contribution in [0.25, 0.3) is 11.4 Å². The lowest BCUT2D eigenvalue weighted by Gasteiger charge is -2.31. The van der Waals surface area contributed by atoms with Crippen LogP contribution in [0.1, 0.15) is 31.9 Å². The Bertz CT molecular complexity index is 666. The van der Waals surface area contributed by atoms with Crippen molar-refractivity contribution in [3.05, 3.63) is 41.0 Å². The van der Waals surface area contributed by atoms with Gasteiger partial charge in [-0.25, -0.2) is 9.97 Å². The predicted molar refractivity (Wildman–Crippen MR) is 95.9 cm³/mol. The molecule has 0 unspecified atom stereocenters. The Kier molecular flexibility index (Phi) is 5.13. The summed E-state index contributed by atoms with van der Waals surface area (Å²) in [6.45, 7) is 4.08. The third-order valence-corrected chi connectivity index (χ3v) is 4.45. The van der Waals surface area contributed by atoms with Crippen molar-refractivity contribution in [2.24, 2.45) is 5.73 Å². The van der Waals surface area contributed by atoms with Crippen LogP contribution in [0.4, 0.5) is 5.82 Å². The molecular weight excluding hydrogens is 308 g/mol. The number of rotatable bonds is 4. The van der Waals surface area contributed by atoms with Gasteiger partial charge in [0, 0.05) is 41.5 Å². The SMILES string of the molecule is CCCc1cc(N2CCC(N)CC2)nc(-c2cccc(Cl)c2)n1. The van der Waals surface area contributed by atoms with E-state index in [1.807, 2.05) is 24.3 Å². The number of aryl methyl sites for hydroxylation is 1. The van der Waals surface area contributed by atoms with Crippen molar-refractivity contribution in [1.82, 2.24) is 9.97 Å². The van der Waals surface area contributed by atoms with Crippen LogP contribution in [0.3, 0.4) is 0 Å². The Balaban J connectivity index is 1.96. The Hall–Kier alpha value is -1.65. The van der Waals surface area contributed by atoms with Gasteiger partial charge in [0.1, 0.15) is 5.82 Å². The molecule has 1 aliphatic rings. The second kappa shape index (κ2) is 7.28. The van der Waals surface area contributed by atoms with E-state index in [0.717, 1.165) is 61.7 Å². The minimum absolute atomic E-state index is 0.315. The summed E-state index contributed by atoms with van der Waals surface area (Å²) in [7, 11) is 0. The minimum Gasteiger partial charge on any atom is -0.356 e. The molecule has 1 saturated heterocycles. The largest absolute Gasteiger partial charge is 0.356 e. The summed E-state index contributed by atoms with van der Waals surface area (Å²) in [5.74, 6) is 1.76. The number of aromatic nitrogens is 2. The number of halogens is 1. The van der Waals surface area contributed by atoms with Crippen molar-refractivity contribution in [3.8, 4) is 11.4 Å². The van der Waals surface area contributed by atoms with Crippen LogP contribution in [-0.4, -0.2) is 29.1 Å². The van der Waals surface area contributed by atoms with E-state index in [1.54, 1.807) is 0 Å². The second-order valence-electron chi connectivity index (χ2n) is 6.13. The first-order valence-corrected chi connectivity index (χ1v) is 8.68. The van der Waals surface area contributed by atoms with E-state index < -0.39 is 0 Å². The van der Waals surface area contributed by atoms with Gasteiger partial charge >= 0.3 is 0 Å². The summed E-state index contributed by atoms with van der Waals surface area (Å²) in [6, 6.07) is 10.2. The van der Waals surface area contributed by atoms with E-state index in [2.05, 4.69) is 17.9 Å². The van der Waals surface area contributed by atoms with Crippen LogP contribution in [-0.2, 0) is 6.42 Å². The fraction of sp³-hybridized carbons (Fsp3) is 0.444. The van der Waals surface area contributed by atoms with E-state index in [4.69, 9.17) is 27.3 Å². The fourth-order valence-electron chi connectivity index (χ4n) is 2.91. The molecule has 0 saturated carbocycles. The predicted octanol–water partition coefficient (Wildman–Crippen LogP) is 3.68. The summed E-state index contributed by atoms with van der Waals surface area (Å²) < 4.78 is 0. The molecular formula is C18H23ClN4. The molecule has 0 aliphatic carbocycles. The quantitative estimate of drug-likeness (QED) is 0.929. The van der Waals surface area contributed by atoms with E-state index in [0.29, 0.717) is 11.1 Å². The maximum Gasteiger partial charge on any atom is 0.161 e. The average Bonchev–Trinajstić information content (AvgIpc) is 2.55. The van der Waals surface area contributed by atoms with Gasteiger partial charge in [0.15, 0.2) is 5.82 Å². The van der Waals surface area contributed by atoms with Crippen LogP contribution in [0.5, 0.6) is 0 Å². The molecule has 0 radical (unpaired) electrons. The van der Waals surface area contributed by atoms with E-state index >= 15 is 0 Å². The molecule has 1 aliphatic heterocycles. The fourth-order valence-corrected chi connectivity index (χ4v) is 3.10. The van der Waals surface area contributed by atoms with Crippen molar-refractivity contribution in [2.75, 3.05) is 18.0 Å². The van der Waals surface area contributed by atoms with Gasteiger partial charge in [-0.05, 0) is 31.4 Å². The van der Waals surface area contributed by atoms with Crippen LogP contribution in [0.15, 0.2) is 30.3 Å². The molecule has 2 heterocycles. The summed E-state index contributed by atoms with van der Waals surface area (Å²) >= 11 is 6.12. The number of nitrogens with zero attached hydrogens (tertiary/aromatic N) is 3. The first-order valence-electron chi connectivity index (χ1n) is 8.30. The van der Waals surface area contributed by atoms with Gasteiger partial charge < -0.3 is 10.6 Å². The molecule has 2 N–H and O–H groups in total. The van der Waals surface area contributed by atoms with E-state index in [9.17, 15) is 0 Å². The highest BCUT2D eigenvalue weighted by Crippen LogP contribution is 2.25. The lowest BCUT2D eigenvalue weighted by molar-refractivity contribution is 0.498. The van der Waals surface area contributed by atoms with Crippen molar-refractivity contribution >= 4 is 17.4 Å². The van der Waals surface area contributed by atoms with Crippen molar-refractivity contribution in [1.29, 1.82) is 0 Å². The number of hydrogen-bond donors (Lipinski definition) is 1. The molecule has 3 rings (SSSR count). The van der Waals surface area contributed by atoms with Gasteiger partial charge in [-0.15, -0.1) is 0 Å². The maximum absolute atomic E-state index is 6.12. The van der Waals surface area contributed by atoms with Gasteiger partial charge in [0.05, 0.1) is 0 Å². The third-order valence-electron chi connectivity index (χ3n) is 4.22. The molecule has 122 valence electrons. The highest BCUT2D eigenvalue weighted by molar-refractivity contribution is 6.30. The molecule has 1 aromatic heterocycles. The molecule has 0 bridgehead atoms. The van der Waals surface area contributed by atoms with Gasteiger partial charge in [0.2, 0.25) is 0 Å². The Labute approximate surface area is 142 Å². The van der Waals surface area contributed by atoms with Gasteiger partial charge in [-0.3, -0.25) is 0 Å². The summed E-state index contributed by atoms with van der Waals surface area (Å²) in [5, 5.41) is 0.706. The molecule has 2 aromatic rings. The van der Waals surface area contributed by atoms with Crippen LogP contribution in [0, 0.1) is 0 Å². The normalized spacial score (nSPS) is 15.9. The van der Waals surface area contributed by atoms with E-state index in [1.165, 1.54) is 0 Å². The molecule has 23 heavy (non-hydrogen) atoms. The topological polar surface area (TPSA) is 55.0 Å². The summed E-state index contributed by atoms with van der Waals surface area (Å²) in [5.41, 5.74) is 8.07. The minimum atomic E-state index is 0.315. The van der Waals surface area contributed by atoms with Crippen LogP contribution in [0.2, 0.25) is 5.02 Å². The number of nitrogens with two attached hydrogens (primary N) is 1. The highest BCUT2D eigenvalue weighted by atomic mass is 35.5. The number of hydrogen-bond acceptors (Lipinski definition) is 4. The van der Waals surface area contributed by atoms with Gasteiger partial charge in [0.25, 0.3) is 0 Å². The molecule has 4 nitrogen and oxygen atoms in total. The lowest BCUT2D eigenvalue weighted by atomic mass is 10.1. The zero-order valence-electron chi connectivity index (χ0n) is 13.5. The first kappa shape index (κ1) is 16.2. The molecule has 0 atom stereocenters. The standard InChI is InChI=1S/C18H23ClN4/c1-2-4-16-12-17(23-9-7-15(20)8-10-23)22-18(21-16)13-5-3-6-14(19)11-13/h3,5-6,11-12,15H,2,4,7-10,20H2,1H3. The monoisotopic (exact) mass is 330 g/mol. The summed E-state index contributed by atoms with van der Waals surface area (Å²) in [6.07, 6.45) is 4.05. The van der Waals surface area contributed by atoms with E-state index in [-0.39, 0.29) is 0 Å². The average molecular weight is 331 g/mol. The Morgan fingerprint density at radius 3 is 2.70 bits per heavy atom. The molecule has 0 amide bonds.